The average molecular weight is 338 g/mol. The smallest absolute Gasteiger partial charge is 0.416 e. The molecular weight excluding hydrogens is 319 g/mol. The highest BCUT2D eigenvalue weighted by atomic mass is 35.5. The maximum Gasteiger partial charge on any atom is 0.416 e. The summed E-state index contributed by atoms with van der Waals surface area (Å²) in [4.78, 5) is 11.1. The Morgan fingerprint density at radius 2 is 1.95 bits per heavy atom. The molecule has 1 aromatic carbocycles. The number of halogens is 4. The first-order valence-corrected chi connectivity index (χ1v) is 7.27. The molecule has 0 saturated heterocycles. The molecule has 7 heteroatoms. The van der Waals surface area contributed by atoms with E-state index >= 15 is 0 Å². The lowest BCUT2D eigenvalue weighted by Crippen LogP contribution is -2.29. The standard InChI is InChI=1S/C15H19ClF3NO2/c1-9(2)3-11(14(21)22)8-20-7-10-4-12(15(17,18)19)6-13(16)5-10/h4-6,9,11,20H,3,7-8H2,1-2H3,(H,21,22). The minimum absolute atomic E-state index is 0.00332. The van der Waals surface area contributed by atoms with Crippen molar-refractivity contribution in [2.75, 3.05) is 6.54 Å². The minimum atomic E-state index is -4.46. The first-order chi connectivity index (χ1) is 10.1. The Morgan fingerprint density at radius 3 is 2.45 bits per heavy atom. The van der Waals surface area contributed by atoms with Crippen LogP contribution in [0, 0.1) is 11.8 Å². The van der Waals surface area contributed by atoms with E-state index in [2.05, 4.69) is 5.32 Å². The number of aliphatic carboxylic acids is 1. The van der Waals surface area contributed by atoms with Crippen LogP contribution >= 0.6 is 11.6 Å². The monoisotopic (exact) mass is 337 g/mol. The van der Waals surface area contributed by atoms with Gasteiger partial charge in [-0.2, -0.15) is 13.2 Å². The Bertz CT molecular complexity index is 518. The first-order valence-electron chi connectivity index (χ1n) is 6.89. The molecule has 0 fully saturated rings. The molecule has 0 heterocycles. The maximum atomic E-state index is 12.7. The highest BCUT2D eigenvalue weighted by Crippen LogP contribution is 2.31. The van der Waals surface area contributed by atoms with Gasteiger partial charge in [0.25, 0.3) is 0 Å². The quantitative estimate of drug-likeness (QED) is 0.784. The van der Waals surface area contributed by atoms with E-state index in [0.29, 0.717) is 12.0 Å². The van der Waals surface area contributed by atoms with Gasteiger partial charge in [-0.05, 0) is 36.1 Å². The molecule has 0 bridgehead atoms. The number of alkyl halides is 3. The third kappa shape index (κ3) is 6.23. The predicted molar refractivity (Wildman–Crippen MR) is 78.7 cm³/mol. The van der Waals surface area contributed by atoms with Crippen LogP contribution in [-0.4, -0.2) is 17.6 Å². The van der Waals surface area contributed by atoms with Crippen molar-refractivity contribution < 1.29 is 23.1 Å². The third-order valence-corrected chi connectivity index (χ3v) is 3.33. The summed E-state index contributed by atoms with van der Waals surface area (Å²) in [6, 6.07) is 3.31. The molecule has 0 aliphatic rings. The summed E-state index contributed by atoms with van der Waals surface area (Å²) in [5, 5.41) is 12.0. The molecule has 0 aliphatic heterocycles. The number of carbonyl (C=O) groups is 1. The molecule has 0 radical (unpaired) electrons. The van der Waals surface area contributed by atoms with Gasteiger partial charge in [-0.25, -0.2) is 0 Å². The second kappa shape index (κ2) is 7.83. The summed E-state index contributed by atoms with van der Waals surface area (Å²) in [5.74, 6) is -1.25. The Morgan fingerprint density at radius 1 is 1.32 bits per heavy atom. The van der Waals surface area contributed by atoms with Crippen molar-refractivity contribution in [1.82, 2.24) is 5.32 Å². The fourth-order valence-corrected chi connectivity index (χ4v) is 2.41. The van der Waals surface area contributed by atoms with Gasteiger partial charge in [-0.3, -0.25) is 4.79 Å². The van der Waals surface area contributed by atoms with Crippen LogP contribution in [0.1, 0.15) is 31.4 Å². The van der Waals surface area contributed by atoms with E-state index in [-0.39, 0.29) is 24.0 Å². The van der Waals surface area contributed by atoms with Crippen LogP contribution in [0.2, 0.25) is 5.02 Å². The molecule has 1 atom stereocenters. The van der Waals surface area contributed by atoms with Gasteiger partial charge in [0.05, 0.1) is 11.5 Å². The lowest BCUT2D eigenvalue weighted by Gasteiger charge is -2.16. The molecule has 0 amide bonds. The summed E-state index contributed by atoms with van der Waals surface area (Å²) in [7, 11) is 0. The number of hydrogen-bond acceptors (Lipinski definition) is 2. The van der Waals surface area contributed by atoms with Crippen LogP contribution in [-0.2, 0) is 17.5 Å². The Labute approximate surface area is 132 Å². The average Bonchev–Trinajstić information content (AvgIpc) is 2.35. The SMILES string of the molecule is CC(C)CC(CNCc1cc(Cl)cc(C(F)(F)F)c1)C(=O)O. The molecular formula is C15H19ClF3NO2. The summed E-state index contributed by atoms with van der Waals surface area (Å²) in [6.45, 7) is 4.16. The van der Waals surface area contributed by atoms with E-state index in [1.54, 1.807) is 0 Å². The van der Waals surface area contributed by atoms with Crippen molar-refractivity contribution in [2.24, 2.45) is 11.8 Å². The molecule has 0 saturated carbocycles. The second-order valence-electron chi connectivity index (χ2n) is 5.64. The van der Waals surface area contributed by atoms with Gasteiger partial charge in [0.15, 0.2) is 0 Å². The number of carboxylic acids is 1. The molecule has 0 spiro atoms. The molecule has 1 rings (SSSR count). The Balaban J connectivity index is 2.68. The number of carboxylic acid groups (broad SMARTS) is 1. The summed E-state index contributed by atoms with van der Waals surface area (Å²) >= 11 is 5.69. The zero-order valence-electron chi connectivity index (χ0n) is 12.4. The Kier molecular flexibility index (Phi) is 6.68. The van der Waals surface area contributed by atoms with Gasteiger partial charge in [-0.1, -0.05) is 25.4 Å². The van der Waals surface area contributed by atoms with Crippen molar-refractivity contribution in [3.63, 3.8) is 0 Å². The zero-order valence-corrected chi connectivity index (χ0v) is 13.1. The van der Waals surface area contributed by atoms with Crippen LogP contribution in [0.15, 0.2) is 18.2 Å². The van der Waals surface area contributed by atoms with Crippen molar-refractivity contribution in [1.29, 1.82) is 0 Å². The molecule has 124 valence electrons. The second-order valence-corrected chi connectivity index (χ2v) is 6.08. The molecule has 0 aliphatic carbocycles. The molecule has 2 N–H and O–H groups in total. The van der Waals surface area contributed by atoms with Crippen molar-refractivity contribution in [3.05, 3.63) is 34.3 Å². The van der Waals surface area contributed by atoms with E-state index in [9.17, 15) is 18.0 Å². The highest BCUT2D eigenvalue weighted by Gasteiger charge is 2.31. The maximum absolute atomic E-state index is 12.7. The normalized spacial score (nSPS) is 13.4. The predicted octanol–water partition coefficient (Wildman–Crippen LogP) is 4.20. The highest BCUT2D eigenvalue weighted by molar-refractivity contribution is 6.30. The van der Waals surface area contributed by atoms with Crippen LogP contribution in [0.3, 0.4) is 0 Å². The topological polar surface area (TPSA) is 49.3 Å². The van der Waals surface area contributed by atoms with Crippen LogP contribution in [0.4, 0.5) is 13.2 Å². The fraction of sp³-hybridized carbons (Fsp3) is 0.533. The van der Waals surface area contributed by atoms with Gasteiger partial charge < -0.3 is 10.4 Å². The molecule has 1 unspecified atom stereocenters. The number of nitrogens with one attached hydrogen (secondary N) is 1. The lowest BCUT2D eigenvalue weighted by molar-refractivity contribution is -0.142. The number of rotatable bonds is 7. The van der Waals surface area contributed by atoms with E-state index < -0.39 is 23.6 Å². The van der Waals surface area contributed by atoms with Gasteiger partial charge in [-0.15, -0.1) is 0 Å². The van der Waals surface area contributed by atoms with Crippen molar-refractivity contribution in [3.8, 4) is 0 Å². The Hall–Kier alpha value is -1.27. The van der Waals surface area contributed by atoms with Crippen LogP contribution < -0.4 is 5.32 Å². The zero-order chi connectivity index (χ0) is 16.9. The van der Waals surface area contributed by atoms with Crippen molar-refractivity contribution >= 4 is 17.6 Å². The number of hydrogen-bond donors (Lipinski definition) is 2. The van der Waals surface area contributed by atoms with E-state index in [4.69, 9.17) is 16.7 Å². The van der Waals surface area contributed by atoms with E-state index in [1.165, 1.54) is 6.07 Å². The number of benzene rings is 1. The summed E-state index contributed by atoms with van der Waals surface area (Å²) < 4.78 is 38.1. The largest absolute Gasteiger partial charge is 0.481 e. The molecule has 3 nitrogen and oxygen atoms in total. The summed E-state index contributed by atoms with van der Waals surface area (Å²) in [5.41, 5.74) is -0.442. The molecule has 22 heavy (non-hydrogen) atoms. The first kappa shape index (κ1) is 18.8. The van der Waals surface area contributed by atoms with Gasteiger partial charge in [0.1, 0.15) is 0 Å². The summed E-state index contributed by atoms with van der Waals surface area (Å²) in [6.07, 6.45) is -3.95. The van der Waals surface area contributed by atoms with Crippen molar-refractivity contribution in [2.45, 2.75) is 33.0 Å². The van der Waals surface area contributed by atoms with E-state index in [1.807, 2.05) is 13.8 Å². The van der Waals surface area contributed by atoms with Crippen LogP contribution in [0.5, 0.6) is 0 Å². The van der Waals surface area contributed by atoms with Gasteiger partial charge in [0.2, 0.25) is 0 Å². The lowest BCUT2D eigenvalue weighted by atomic mass is 9.97. The molecule has 0 aromatic heterocycles. The third-order valence-electron chi connectivity index (χ3n) is 3.11. The molecule has 1 aromatic rings. The van der Waals surface area contributed by atoms with Gasteiger partial charge in [0, 0.05) is 18.1 Å². The fourth-order valence-electron chi connectivity index (χ4n) is 2.15. The van der Waals surface area contributed by atoms with Crippen LogP contribution in [0.25, 0.3) is 0 Å². The van der Waals surface area contributed by atoms with E-state index in [0.717, 1.165) is 12.1 Å². The van der Waals surface area contributed by atoms with Gasteiger partial charge >= 0.3 is 12.1 Å². The minimum Gasteiger partial charge on any atom is -0.481 e.